The molecule has 0 aliphatic carbocycles. The Balaban J connectivity index is 1.73. The molecule has 1 N–H and O–H groups in total. The Bertz CT molecular complexity index is 1270. The van der Waals surface area contributed by atoms with Gasteiger partial charge in [-0.15, -0.1) is 0 Å². The van der Waals surface area contributed by atoms with Crippen LogP contribution in [0.3, 0.4) is 0 Å². The summed E-state index contributed by atoms with van der Waals surface area (Å²) >= 11 is 6.12. The number of fused-ring (bicyclic) bond motifs is 1. The van der Waals surface area contributed by atoms with Crippen molar-refractivity contribution in [3.8, 4) is 17.6 Å². The average molecular weight is 434 g/mol. The predicted octanol–water partition coefficient (Wildman–Crippen LogP) is 6.01. The quantitative estimate of drug-likeness (QED) is 0.378. The number of methoxy groups -OCH3 is 1. The second kappa shape index (κ2) is 8.90. The van der Waals surface area contributed by atoms with E-state index in [4.69, 9.17) is 21.1 Å². The number of hydrogen-bond acceptors (Lipinski definition) is 4. The van der Waals surface area contributed by atoms with Crippen LogP contribution in [0.25, 0.3) is 22.7 Å². The largest absolute Gasteiger partial charge is 0.493 e. The van der Waals surface area contributed by atoms with E-state index < -0.39 is 5.82 Å². The van der Waals surface area contributed by atoms with E-state index in [0.717, 1.165) is 11.0 Å². The Labute approximate surface area is 183 Å². The number of nitrogens with one attached hydrogen (secondary N) is 1. The molecule has 0 radical (unpaired) electrons. The molecule has 31 heavy (non-hydrogen) atoms. The molecule has 1 heterocycles. The summed E-state index contributed by atoms with van der Waals surface area (Å²) < 4.78 is 25.5. The summed E-state index contributed by atoms with van der Waals surface area (Å²) in [6.07, 6.45) is 1.65. The van der Waals surface area contributed by atoms with Gasteiger partial charge in [-0.25, -0.2) is 9.37 Å². The van der Waals surface area contributed by atoms with Crippen LogP contribution in [0.4, 0.5) is 4.39 Å². The number of aromatic amines is 1. The molecule has 0 amide bonds. The van der Waals surface area contributed by atoms with Crippen molar-refractivity contribution in [3.05, 3.63) is 88.5 Å². The van der Waals surface area contributed by atoms with Crippen LogP contribution in [-0.4, -0.2) is 17.1 Å². The molecule has 154 valence electrons. The number of nitrogens with zero attached hydrogens (tertiary/aromatic N) is 2. The molecule has 0 aliphatic heterocycles. The Hall–Kier alpha value is -3.82. The van der Waals surface area contributed by atoms with E-state index in [1.165, 1.54) is 19.2 Å². The van der Waals surface area contributed by atoms with Gasteiger partial charge < -0.3 is 14.5 Å². The van der Waals surface area contributed by atoms with E-state index in [0.29, 0.717) is 28.5 Å². The van der Waals surface area contributed by atoms with E-state index in [9.17, 15) is 9.65 Å². The van der Waals surface area contributed by atoms with Gasteiger partial charge in [0.25, 0.3) is 0 Å². The van der Waals surface area contributed by atoms with Crippen LogP contribution >= 0.6 is 11.6 Å². The van der Waals surface area contributed by atoms with Gasteiger partial charge in [0.1, 0.15) is 24.3 Å². The lowest BCUT2D eigenvalue weighted by Gasteiger charge is -2.14. The first-order valence-corrected chi connectivity index (χ1v) is 9.78. The molecule has 0 unspecified atom stereocenters. The number of ether oxygens (including phenoxy) is 2. The number of rotatable bonds is 6. The molecule has 0 saturated carbocycles. The van der Waals surface area contributed by atoms with Crippen LogP contribution in [0.15, 0.2) is 60.7 Å². The summed E-state index contributed by atoms with van der Waals surface area (Å²) in [7, 11) is 1.51. The van der Waals surface area contributed by atoms with Crippen molar-refractivity contribution < 1.29 is 13.9 Å². The molecule has 0 saturated heterocycles. The van der Waals surface area contributed by atoms with Gasteiger partial charge in [-0.05, 0) is 36.4 Å². The Kier molecular flexibility index (Phi) is 5.87. The zero-order chi connectivity index (χ0) is 21.8. The average Bonchev–Trinajstić information content (AvgIpc) is 3.21. The highest BCUT2D eigenvalue weighted by Gasteiger charge is 2.15. The van der Waals surface area contributed by atoms with Gasteiger partial charge in [-0.1, -0.05) is 41.9 Å². The van der Waals surface area contributed by atoms with Gasteiger partial charge in [0.15, 0.2) is 11.5 Å². The van der Waals surface area contributed by atoms with E-state index in [1.54, 1.807) is 30.3 Å². The molecule has 5 nitrogen and oxygen atoms in total. The summed E-state index contributed by atoms with van der Waals surface area (Å²) in [5.74, 6) is 0.797. The van der Waals surface area contributed by atoms with Crippen molar-refractivity contribution in [2.75, 3.05) is 7.11 Å². The summed E-state index contributed by atoms with van der Waals surface area (Å²) in [4.78, 5) is 7.63. The minimum absolute atomic E-state index is 0.0980. The summed E-state index contributed by atoms with van der Waals surface area (Å²) in [6, 6.07) is 19.4. The van der Waals surface area contributed by atoms with Crippen molar-refractivity contribution in [2.24, 2.45) is 0 Å². The number of allylic oxidation sites excluding steroid dienone is 1. The normalized spacial score (nSPS) is 11.4. The van der Waals surface area contributed by atoms with E-state index in [-0.39, 0.29) is 17.2 Å². The van der Waals surface area contributed by atoms with Crippen LogP contribution in [0.5, 0.6) is 11.5 Å². The monoisotopic (exact) mass is 433 g/mol. The molecule has 3 aromatic carbocycles. The molecule has 0 atom stereocenters. The third kappa shape index (κ3) is 4.23. The second-order valence-electron chi connectivity index (χ2n) is 6.64. The Morgan fingerprint density at radius 2 is 1.97 bits per heavy atom. The van der Waals surface area contributed by atoms with E-state index in [1.807, 2.05) is 24.3 Å². The molecule has 4 rings (SSSR count). The maximum absolute atomic E-state index is 14.2. The molecule has 1 aromatic heterocycles. The fourth-order valence-electron chi connectivity index (χ4n) is 3.17. The summed E-state index contributed by atoms with van der Waals surface area (Å²) in [5, 5.41) is 10.0. The van der Waals surface area contributed by atoms with Crippen molar-refractivity contribution in [1.29, 1.82) is 5.26 Å². The number of halogens is 2. The van der Waals surface area contributed by atoms with Crippen molar-refractivity contribution >= 4 is 34.3 Å². The fourth-order valence-corrected chi connectivity index (χ4v) is 3.38. The van der Waals surface area contributed by atoms with Crippen LogP contribution in [-0.2, 0) is 6.61 Å². The summed E-state index contributed by atoms with van der Waals surface area (Å²) in [6.45, 7) is -0.0980. The fraction of sp³-hybridized carbons (Fsp3) is 0.0833. The Morgan fingerprint density at radius 3 is 2.71 bits per heavy atom. The number of aromatic nitrogens is 2. The third-order valence-electron chi connectivity index (χ3n) is 4.72. The SMILES string of the molecule is COc1cccc(C=C(C#N)c2nc3ccccc3[nH]2)c1OCc1c(F)cccc1Cl. The van der Waals surface area contributed by atoms with Crippen LogP contribution in [0.1, 0.15) is 17.0 Å². The van der Waals surface area contributed by atoms with Gasteiger partial charge in [0, 0.05) is 11.1 Å². The minimum Gasteiger partial charge on any atom is -0.493 e. The van der Waals surface area contributed by atoms with Crippen molar-refractivity contribution in [2.45, 2.75) is 6.61 Å². The lowest BCUT2D eigenvalue weighted by molar-refractivity contribution is 0.279. The topological polar surface area (TPSA) is 70.9 Å². The highest BCUT2D eigenvalue weighted by molar-refractivity contribution is 6.31. The molecular weight excluding hydrogens is 417 g/mol. The maximum atomic E-state index is 14.2. The number of para-hydroxylation sites is 3. The van der Waals surface area contributed by atoms with E-state index >= 15 is 0 Å². The van der Waals surface area contributed by atoms with Crippen molar-refractivity contribution in [1.82, 2.24) is 9.97 Å². The van der Waals surface area contributed by atoms with Gasteiger partial charge in [-0.2, -0.15) is 5.26 Å². The van der Waals surface area contributed by atoms with Gasteiger partial charge >= 0.3 is 0 Å². The van der Waals surface area contributed by atoms with Crippen LogP contribution in [0, 0.1) is 17.1 Å². The second-order valence-corrected chi connectivity index (χ2v) is 7.05. The molecule has 0 aliphatic rings. The van der Waals surface area contributed by atoms with Gasteiger partial charge in [0.2, 0.25) is 0 Å². The minimum atomic E-state index is -0.459. The zero-order valence-electron chi connectivity index (χ0n) is 16.5. The first kappa shape index (κ1) is 20.5. The van der Waals surface area contributed by atoms with Gasteiger partial charge in [-0.3, -0.25) is 0 Å². The summed E-state index contributed by atoms with van der Waals surface area (Å²) in [5.41, 5.74) is 2.73. The van der Waals surface area contributed by atoms with Gasteiger partial charge in [0.05, 0.1) is 28.7 Å². The first-order valence-electron chi connectivity index (χ1n) is 9.40. The first-order chi connectivity index (χ1) is 15.1. The van der Waals surface area contributed by atoms with Crippen molar-refractivity contribution in [3.63, 3.8) is 0 Å². The molecule has 4 aromatic rings. The smallest absolute Gasteiger partial charge is 0.168 e. The molecular formula is C24H17ClFN3O2. The van der Waals surface area contributed by atoms with Crippen LogP contribution < -0.4 is 9.47 Å². The lowest BCUT2D eigenvalue weighted by atomic mass is 10.1. The molecule has 0 spiro atoms. The zero-order valence-corrected chi connectivity index (χ0v) is 17.3. The standard InChI is InChI=1S/C24H17ClFN3O2/c1-30-22-11-4-6-15(23(22)31-14-17-18(25)7-5-8-19(17)26)12-16(13-27)24-28-20-9-2-3-10-21(20)29-24/h2-12H,14H2,1H3,(H,28,29). The molecule has 0 bridgehead atoms. The highest BCUT2D eigenvalue weighted by Crippen LogP contribution is 2.35. The predicted molar refractivity (Wildman–Crippen MR) is 118 cm³/mol. The molecule has 7 heteroatoms. The van der Waals surface area contributed by atoms with Crippen LogP contribution in [0.2, 0.25) is 5.02 Å². The maximum Gasteiger partial charge on any atom is 0.168 e. The van der Waals surface area contributed by atoms with E-state index in [2.05, 4.69) is 16.0 Å². The molecule has 0 fully saturated rings. The number of H-pyrrole nitrogens is 1. The number of imidazole rings is 1. The number of benzene rings is 3. The Morgan fingerprint density at radius 1 is 1.16 bits per heavy atom. The third-order valence-corrected chi connectivity index (χ3v) is 5.07. The number of nitriles is 1. The number of hydrogen-bond donors (Lipinski definition) is 1. The highest BCUT2D eigenvalue weighted by atomic mass is 35.5. The lowest BCUT2D eigenvalue weighted by Crippen LogP contribution is -2.02.